The lowest BCUT2D eigenvalue weighted by molar-refractivity contribution is 0.0956. The molecule has 0 atom stereocenters. The Kier molecular flexibility index (Phi) is 6.61. The minimum atomic E-state index is -0.0328. The first-order valence-electron chi connectivity index (χ1n) is 6.51. The van der Waals surface area contributed by atoms with Crippen molar-refractivity contribution >= 4 is 45.2 Å². The second-order valence-corrected chi connectivity index (χ2v) is 6.90. The fraction of sp³-hybridized carbons (Fsp3) is 0.188. The molecule has 110 valence electrons. The fourth-order valence-electron chi connectivity index (χ4n) is 1.71. The molecule has 0 saturated heterocycles. The lowest BCUT2D eigenvalue weighted by atomic mass is 10.2. The highest BCUT2D eigenvalue weighted by Gasteiger charge is 2.03. The van der Waals surface area contributed by atoms with E-state index in [0.717, 1.165) is 21.0 Å². The summed E-state index contributed by atoms with van der Waals surface area (Å²) < 4.78 is 0.970. The monoisotopic (exact) mass is 383 g/mol. The standard InChI is InChI=1S/C16H15BrClNOS/c17-14-5-3-13(4-6-14)16(20)19-9-10-21-11-12-1-7-15(18)8-2-12/h1-8H,9-11H2,(H,19,20). The first kappa shape index (κ1) is 16.4. The minimum absolute atomic E-state index is 0.0328. The number of carbonyl (C=O) groups excluding carboxylic acids is 1. The third-order valence-electron chi connectivity index (χ3n) is 2.82. The Morgan fingerprint density at radius 2 is 1.76 bits per heavy atom. The molecule has 0 saturated carbocycles. The zero-order valence-corrected chi connectivity index (χ0v) is 14.5. The van der Waals surface area contributed by atoms with E-state index in [1.54, 1.807) is 23.9 Å². The Morgan fingerprint density at radius 3 is 2.43 bits per heavy atom. The van der Waals surface area contributed by atoms with Crippen LogP contribution in [0.25, 0.3) is 0 Å². The highest BCUT2D eigenvalue weighted by atomic mass is 79.9. The van der Waals surface area contributed by atoms with Crippen LogP contribution in [0.3, 0.4) is 0 Å². The van der Waals surface area contributed by atoms with Crippen molar-refractivity contribution in [3.8, 4) is 0 Å². The Bertz CT molecular complexity index is 586. The maximum atomic E-state index is 11.9. The van der Waals surface area contributed by atoms with E-state index in [1.165, 1.54) is 5.56 Å². The number of halogens is 2. The molecule has 0 unspecified atom stereocenters. The SMILES string of the molecule is O=C(NCCSCc1ccc(Cl)cc1)c1ccc(Br)cc1. The van der Waals surface area contributed by atoms with Gasteiger partial charge in [0, 0.05) is 33.1 Å². The zero-order valence-electron chi connectivity index (χ0n) is 11.3. The summed E-state index contributed by atoms with van der Waals surface area (Å²) in [4.78, 5) is 11.9. The van der Waals surface area contributed by atoms with E-state index in [1.807, 2.05) is 36.4 Å². The number of carbonyl (C=O) groups is 1. The molecule has 2 aromatic rings. The summed E-state index contributed by atoms with van der Waals surface area (Å²) in [5, 5.41) is 3.67. The molecule has 2 nitrogen and oxygen atoms in total. The molecule has 5 heteroatoms. The van der Waals surface area contributed by atoms with Crippen LogP contribution in [-0.2, 0) is 5.75 Å². The first-order valence-corrected chi connectivity index (χ1v) is 8.83. The number of hydrogen-bond donors (Lipinski definition) is 1. The van der Waals surface area contributed by atoms with Crippen LogP contribution in [0.2, 0.25) is 5.02 Å². The summed E-state index contributed by atoms with van der Waals surface area (Å²) in [6.07, 6.45) is 0. The quantitative estimate of drug-likeness (QED) is 0.727. The summed E-state index contributed by atoms with van der Waals surface area (Å²) in [6, 6.07) is 15.2. The minimum Gasteiger partial charge on any atom is -0.351 e. The van der Waals surface area contributed by atoms with Gasteiger partial charge in [0.05, 0.1) is 0 Å². The molecule has 0 aliphatic heterocycles. The van der Waals surface area contributed by atoms with Crippen LogP contribution in [0.1, 0.15) is 15.9 Å². The second-order valence-electron chi connectivity index (χ2n) is 4.44. The predicted octanol–water partition coefficient (Wildman–Crippen LogP) is 4.77. The van der Waals surface area contributed by atoms with Crippen molar-refractivity contribution < 1.29 is 4.79 Å². The topological polar surface area (TPSA) is 29.1 Å². The van der Waals surface area contributed by atoms with Gasteiger partial charge < -0.3 is 5.32 Å². The fourth-order valence-corrected chi connectivity index (χ4v) is 2.92. The van der Waals surface area contributed by atoms with Crippen molar-refractivity contribution in [3.05, 3.63) is 69.2 Å². The largest absolute Gasteiger partial charge is 0.351 e. The smallest absolute Gasteiger partial charge is 0.251 e. The van der Waals surface area contributed by atoms with Gasteiger partial charge in [-0.25, -0.2) is 0 Å². The molecular weight excluding hydrogens is 370 g/mol. The Labute approximate surface area is 142 Å². The molecule has 21 heavy (non-hydrogen) atoms. The van der Waals surface area contributed by atoms with Crippen LogP contribution in [0.5, 0.6) is 0 Å². The van der Waals surface area contributed by atoms with Gasteiger partial charge >= 0.3 is 0 Å². The van der Waals surface area contributed by atoms with Crippen molar-refractivity contribution in [2.75, 3.05) is 12.3 Å². The third kappa shape index (κ3) is 5.73. The van der Waals surface area contributed by atoms with Gasteiger partial charge in [-0.1, -0.05) is 39.7 Å². The highest BCUT2D eigenvalue weighted by molar-refractivity contribution is 9.10. The van der Waals surface area contributed by atoms with Gasteiger partial charge in [0.15, 0.2) is 0 Å². The van der Waals surface area contributed by atoms with Gasteiger partial charge in [0.2, 0.25) is 0 Å². The van der Waals surface area contributed by atoms with Crippen molar-refractivity contribution in [1.82, 2.24) is 5.32 Å². The number of thioether (sulfide) groups is 1. The van der Waals surface area contributed by atoms with Gasteiger partial charge in [0.1, 0.15) is 0 Å². The van der Waals surface area contributed by atoms with E-state index in [2.05, 4.69) is 21.2 Å². The third-order valence-corrected chi connectivity index (χ3v) is 4.63. The molecule has 0 bridgehead atoms. The van der Waals surface area contributed by atoms with Crippen LogP contribution < -0.4 is 5.32 Å². The lowest BCUT2D eigenvalue weighted by Crippen LogP contribution is -2.25. The van der Waals surface area contributed by atoms with Crippen molar-refractivity contribution in [3.63, 3.8) is 0 Å². The van der Waals surface area contributed by atoms with Gasteiger partial charge in [-0.15, -0.1) is 0 Å². The zero-order chi connectivity index (χ0) is 15.1. The van der Waals surface area contributed by atoms with E-state index < -0.39 is 0 Å². The number of hydrogen-bond acceptors (Lipinski definition) is 2. The Hall–Kier alpha value is -0.970. The van der Waals surface area contributed by atoms with Gasteiger partial charge in [-0.2, -0.15) is 11.8 Å². The molecule has 0 aliphatic carbocycles. The second kappa shape index (κ2) is 8.47. The maximum absolute atomic E-state index is 11.9. The molecule has 1 amide bonds. The van der Waals surface area contributed by atoms with Gasteiger partial charge in [-0.05, 0) is 42.0 Å². The molecule has 0 radical (unpaired) electrons. The van der Waals surface area contributed by atoms with E-state index >= 15 is 0 Å². The summed E-state index contributed by atoms with van der Waals surface area (Å²) in [5.41, 5.74) is 1.92. The summed E-state index contributed by atoms with van der Waals surface area (Å²) in [7, 11) is 0. The van der Waals surface area contributed by atoms with Crippen LogP contribution in [0.15, 0.2) is 53.0 Å². The summed E-state index contributed by atoms with van der Waals surface area (Å²) >= 11 is 11.0. The van der Waals surface area contributed by atoms with Crippen LogP contribution >= 0.6 is 39.3 Å². The van der Waals surface area contributed by atoms with E-state index in [-0.39, 0.29) is 5.91 Å². The first-order chi connectivity index (χ1) is 10.1. The summed E-state index contributed by atoms with van der Waals surface area (Å²) in [6.45, 7) is 0.660. The number of benzene rings is 2. The van der Waals surface area contributed by atoms with E-state index in [0.29, 0.717) is 12.1 Å². The Morgan fingerprint density at radius 1 is 1.10 bits per heavy atom. The predicted molar refractivity (Wildman–Crippen MR) is 94.1 cm³/mol. The molecule has 2 rings (SSSR count). The lowest BCUT2D eigenvalue weighted by Gasteiger charge is -2.06. The van der Waals surface area contributed by atoms with Crippen molar-refractivity contribution in [2.45, 2.75) is 5.75 Å². The van der Waals surface area contributed by atoms with Crippen molar-refractivity contribution in [2.24, 2.45) is 0 Å². The average molecular weight is 385 g/mol. The number of nitrogens with one attached hydrogen (secondary N) is 1. The van der Waals surface area contributed by atoms with Gasteiger partial charge in [-0.3, -0.25) is 4.79 Å². The van der Waals surface area contributed by atoms with Crippen LogP contribution in [0, 0.1) is 0 Å². The maximum Gasteiger partial charge on any atom is 0.251 e. The summed E-state index contributed by atoms with van der Waals surface area (Å²) in [5.74, 6) is 1.77. The van der Waals surface area contributed by atoms with Crippen LogP contribution in [0.4, 0.5) is 0 Å². The van der Waals surface area contributed by atoms with E-state index in [9.17, 15) is 4.79 Å². The number of rotatable bonds is 6. The van der Waals surface area contributed by atoms with E-state index in [4.69, 9.17) is 11.6 Å². The molecule has 2 aromatic carbocycles. The normalized spacial score (nSPS) is 10.4. The molecule has 0 spiro atoms. The molecular formula is C16H15BrClNOS. The van der Waals surface area contributed by atoms with Crippen molar-refractivity contribution in [1.29, 1.82) is 0 Å². The molecule has 0 aliphatic rings. The molecule has 1 N–H and O–H groups in total. The average Bonchev–Trinajstić information content (AvgIpc) is 2.49. The van der Waals surface area contributed by atoms with Crippen LogP contribution in [-0.4, -0.2) is 18.2 Å². The molecule has 0 aromatic heterocycles. The highest BCUT2D eigenvalue weighted by Crippen LogP contribution is 2.15. The Balaban J connectivity index is 1.66. The molecule has 0 heterocycles. The number of amides is 1. The van der Waals surface area contributed by atoms with Gasteiger partial charge in [0.25, 0.3) is 5.91 Å². The molecule has 0 fully saturated rings.